The first-order valence-electron chi connectivity index (χ1n) is 6.87. The third-order valence-electron chi connectivity index (χ3n) is 3.40. The van der Waals surface area contributed by atoms with E-state index >= 15 is 0 Å². The highest BCUT2D eigenvalue weighted by Crippen LogP contribution is 2.27. The molecule has 1 aromatic carbocycles. The Morgan fingerprint density at radius 3 is 2.14 bits per heavy atom. The van der Waals surface area contributed by atoms with E-state index in [1.165, 1.54) is 12.7 Å². The van der Waals surface area contributed by atoms with Crippen LogP contribution in [-0.4, -0.2) is 24.2 Å². The van der Waals surface area contributed by atoms with E-state index in [0.29, 0.717) is 23.4 Å². The summed E-state index contributed by atoms with van der Waals surface area (Å²) in [6, 6.07) is 7.82. The Morgan fingerprint density at radius 2 is 1.62 bits per heavy atom. The van der Waals surface area contributed by atoms with E-state index in [-0.39, 0.29) is 6.04 Å². The molecule has 0 spiro atoms. The average molecular weight is 287 g/mol. The fraction of sp³-hybridized carbons (Fsp3) is 0.375. The molecule has 0 amide bonds. The van der Waals surface area contributed by atoms with Crippen molar-refractivity contribution in [2.24, 2.45) is 5.73 Å². The third kappa shape index (κ3) is 3.31. The molecule has 1 unspecified atom stereocenters. The lowest BCUT2D eigenvalue weighted by Gasteiger charge is -2.15. The SMILES string of the molecule is COc1cnc(C(N)c2ccc(C(C)C)cc2)c(OC)n1. The molecule has 0 saturated carbocycles. The van der Waals surface area contributed by atoms with Crippen molar-refractivity contribution in [1.82, 2.24) is 9.97 Å². The number of nitrogens with two attached hydrogens (primary N) is 1. The fourth-order valence-electron chi connectivity index (χ4n) is 2.07. The second-order valence-corrected chi connectivity index (χ2v) is 5.11. The first-order chi connectivity index (χ1) is 10.1. The zero-order valence-electron chi connectivity index (χ0n) is 12.8. The van der Waals surface area contributed by atoms with Crippen molar-refractivity contribution in [3.8, 4) is 11.8 Å². The molecule has 0 saturated heterocycles. The standard InChI is InChI=1S/C16H21N3O2/c1-10(2)11-5-7-12(8-6-11)14(17)15-16(21-4)19-13(20-3)9-18-15/h5-10,14H,17H2,1-4H3. The molecule has 1 heterocycles. The van der Waals surface area contributed by atoms with E-state index in [9.17, 15) is 0 Å². The normalized spacial score (nSPS) is 12.3. The van der Waals surface area contributed by atoms with Crippen LogP contribution in [0.5, 0.6) is 11.8 Å². The lowest BCUT2D eigenvalue weighted by atomic mass is 9.98. The van der Waals surface area contributed by atoms with Crippen LogP contribution in [0.1, 0.15) is 42.6 Å². The molecule has 0 radical (unpaired) electrons. The van der Waals surface area contributed by atoms with Crippen molar-refractivity contribution in [3.05, 3.63) is 47.3 Å². The second-order valence-electron chi connectivity index (χ2n) is 5.11. The van der Waals surface area contributed by atoms with E-state index in [1.54, 1.807) is 13.3 Å². The van der Waals surface area contributed by atoms with E-state index in [0.717, 1.165) is 5.56 Å². The summed E-state index contributed by atoms with van der Waals surface area (Å²) >= 11 is 0. The monoisotopic (exact) mass is 287 g/mol. The van der Waals surface area contributed by atoms with Gasteiger partial charge in [0.05, 0.1) is 26.5 Å². The van der Waals surface area contributed by atoms with E-state index in [2.05, 4.69) is 35.9 Å². The summed E-state index contributed by atoms with van der Waals surface area (Å²) in [4.78, 5) is 8.53. The Balaban J connectivity index is 2.32. The molecule has 2 N–H and O–H groups in total. The van der Waals surface area contributed by atoms with Gasteiger partial charge in [-0.2, -0.15) is 4.98 Å². The number of nitrogens with zero attached hydrogens (tertiary/aromatic N) is 2. The van der Waals surface area contributed by atoms with Gasteiger partial charge < -0.3 is 15.2 Å². The number of ether oxygens (including phenoxy) is 2. The Labute approximate surface area is 125 Å². The van der Waals surface area contributed by atoms with Crippen LogP contribution in [0.3, 0.4) is 0 Å². The van der Waals surface area contributed by atoms with Gasteiger partial charge in [-0.15, -0.1) is 0 Å². The van der Waals surface area contributed by atoms with Crippen LogP contribution in [0.15, 0.2) is 30.5 Å². The van der Waals surface area contributed by atoms with Gasteiger partial charge in [0.15, 0.2) is 0 Å². The first-order valence-corrected chi connectivity index (χ1v) is 6.87. The van der Waals surface area contributed by atoms with Gasteiger partial charge in [0.1, 0.15) is 5.69 Å². The minimum absolute atomic E-state index is 0.384. The van der Waals surface area contributed by atoms with E-state index in [1.807, 2.05) is 12.1 Å². The Morgan fingerprint density at radius 1 is 1.00 bits per heavy atom. The number of benzene rings is 1. The minimum Gasteiger partial charge on any atom is -0.480 e. The molecule has 1 aromatic heterocycles. The van der Waals surface area contributed by atoms with Crippen molar-refractivity contribution in [2.45, 2.75) is 25.8 Å². The van der Waals surface area contributed by atoms with Gasteiger partial charge >= 0.3 is 0 Å². The van der Waals surface area contributed by atoms with Crippen LogP contribution in [0.2, 0.25) is 0 Å². The van der Waals surface area contributed by atoms with Crippen LogP contribution < -0.4 is 15.2 Å². The number of rotatable bonds is 5. The van der Waals surface area contributed by atoms with Crippen molar-refractivity contribution >= 4 is 0 Å². The molecule has 0 fully saturated rings. The van der Waals surface area contributed by atoms with Crippen LogP contribution in [0.4, 0.5) is 0 Å². The zero-order valence-corrected chi connectivity index (χ0v) is 12.8. The molecule has 0 aliphatic heterocycles. The van der Waals surface area contributed by atoms with Gasteiger partial charge in [0.2, 0.25) is 11.8 Å². The lowest BCUT2D eigenvalue weighted by Crippen LogP contribution is -2.16. The van der Waals surface area contributed by atoms with Gasteiger partial charge in [-0.3, -0.25) is 0 Å². The predicted molar refractivity (Wildman–Crippen MR) is 81.7 cm³/mol. The van der Waals surface area contributed by atoms with Crippen LogP contribution in [0, 0.1) is 0 Å². The average Bonchev–Trinajstić information content (AvgIpc) is 2.53. The summed E-state index contributed by atoms with van der Waals surface area (Å²) in [7, 11) is 3.08. The number of hydrogen-bond donors (Lipinski definition) is 1. The molecule has 112 valence electrons. The second kappa shape index (κ2) is 6.54. The number of hydrogen-bond acceptors (Lipinski definition) is 5. The Hall–Kier alpha value is -2.14. The zero-order chi connectivity index (χ0) is 15.4. The molecule has 2 rings (SSSR count). The van der Waals surface area contributed by atoms with Gasteiger partial charge in [-0.25, -0.2) is 4.98 Å². The topological polar surface area (TPSA) is 70.3 Å². The number of aromatic nitrogens is 2. The summed E-state index contributed by atoms with van der Waals surface area (Å²) in [5, 5.41) is 0. The molecule has 21 heavy (non-hydrogen) atoms. The first kappa shape index (κ1) is 15.3. The maximum absolute atomic E-state index is 6.29. The largest absolute Gasteiger partial charge is 0.480 e. The highest BCUT2D eigenvalue weighted by molar-refractivity contribution is 5.35. The van der Waals surface area contributed by atoms with Gasteiger partial charge in [0, 0.05) is 0 Å². The van der Waals surface area contributed by atoms with Gasteiger partial charge in [-0.1, -0.05) is 38.1 Å². The molecule has 1 atom stereocenters. The van der Waals surface area contributed by atoms with Crippen LogP contribution >= 0.6 is 0 Å². The van der Waals surface area contributed by atoms with Crippen molar-refractivity contribution in [3.63, 3.8) is 0 Å². The molecular weight excluding hydrogens is 266 g/mol. The molecule has 0 bridgehead atoms. The van der Waals surface area contributed by atoms with Gasteiger partial charge in [0.25, 0.3) is 0 Å². The smallest absolute Gasteiger partial charge is 0.240 e. The van der Waals surface area contributed by atoms with Gasteiger partial charge in [-0.05, 0) is 17.0 Å². The summed E-state index contributed by atoms with van der Waals surface area (Å²) in [5.74, 6) is 1.28. The molecule has 5 nitrogen and oxygen atoms in total. The van der Waals surface area contributed by atoms with Crippen molar-refractivity contribution < 1.29 is 9.47 Å². The molecule has 0 aliphatic carbocycles. The lowest BCUT2D eigenvalue weighted by molar-refractivity contribution is 0.355. The quantitative estimate of drug-likeness (QED) is 0.915. The highest BCUT2D eigenvalue weighted by atomic mass is 16.5. The maximum atomic E-state index is 6.29. The molecular formula is C16H21N3O2. The van der Waals surface area contributed by atoms with Crippen molar-refractivity contribution in [1.29, 1.82) is 0 Å². The molecule has 5 heteroatoms. The Kier molecular flexibility index (Phi) is 4.75. The number of methoxy groups -OCH3 is 2. The summed E-state index contributed by atoms with van der Waals surface area (Å²) < 4.78 is 10.3. The van der Waals surface area contributed by atoms with Crippen LogP contribution in [0.25, 0.3) is 0 Å². The van der Waals surface area contributed by atoms with E-state index in [4.69, 9.17) is 15.2 Å². The predicted octanol–water partition coefficient (Wildman–Crippen LogP) is 2.67. The molecule has 0 aliphatic rings. The summed E-state index contributed by atoms with van der Waals surface area (Å²) in [6.45, 7) is 4.32. The van der Waals surface area contributed by atoms with Crippen molar-refractivity contribution in [2.75, 3.05) is 14.2 Å². The van der Waals surface area contributed by atoms with Crippen LogP contribution in [-0.2, 0) is 0 Å². The summed E-state index contributed by atoms with van der Waals surface area (Å²) in [5.41, 5.74) is 9.13. The fourth-order valence-corrected chi connectivity index (χ4v) is 2.07. The minimum atomic E-state index is -0.389. The summed E-state index contributed by atoms with van der Waals surface area (Å²) in [6.07, 6.45) is 1.54. The Bertz CT molecular complexity index is 597. The highest BCUT2D eigenvalue weighted by Gasteiger charge is 2.18. The maximum Gasteiger partial charge on any atom is 0.240 e. The van der Waals surface area contributed by atoms with E-state index < -0.39 is 0 Å². The third-order valence-corrected chi connectivity index (χ3v) is 3.40. The molecule has 2 aromatic rings.